The standard InChI is InChI=1S/C44H28O/c1-3-15-29(16-4-1)31-19-7-8-20-33(31)41-34-21-9-11-23-36(34)42(37-24-12-10-22-35(37)41)39-28-27-32(30-17-5-2-6-18-30)44-43(39)38-25-13-14-26-40(38)45-44/h1-28H/i1D,3D,4D,7D,8D,15D,16D,19D,20D. The van der Waals surface area contributed by atoms with Crippen LogP contribution in [0.15, 0.2) is 174 Å². The topological polar surface area (TPSA) is 13.1 Å². The molecule has 0 unspecified atom stereocenters. The number of hydrogen-bond donors (Lipinski definition) is 0. The maximum atomic E-state index is 9.35. The quantitative estimate of drug-likeness (QED) is 0.188. The van der Waals surface area contributed by atoms with E-state index in [1.165, 1.54) is 0 Å². The lowest BCUT2D eigenvalue weighted by atomic mass is 9.83. The molecule has 0 bridgehead atoms. The van der Waals surface area contributed by atoms with E-state index in [0.29, 0.717) is 16.3 Å². The lowest BCUT2D eigenvalue weighted by Crippen LogP contribution is -1.93. The molecule has 1 heterocycles. The molecule has 9 rings (SSSR count). The van der Waals surface area contributed by atoms with Gasteiger partial charge in [0.05, 0.1) is 12.3 Å². The summed E-state index contributed by atoms with van der Waals surface area (Å²) in [4.78, 5) is 0. The number of furan rings is 1. The van der Waals surface area contributed by atoms with E-state index in [-0.39, 0.29) is 22.7 Å². The Kier molecular flexibility index (Phi) is 4.15. The highest BCUT2D eigenvalue weighted by molar-refractivity contribution is 6.27. The zero-order valence-electron chi connectivity index (χ0n) is 32.9. The smallest absolute Gasteiger partial charge is 0.143 e. The molecule has 1 aromatic heterocycles. The van der Waals surface area contributed by atoms with E-state index in [4.69, 9.17) is 15.4 Å². The predicted molar refractivity (Wildman–Crippen MR) is 190 cm³/mol. The Bertz CT molecular complexity index is 2960. The molecule has 9 aromatic rings. The van der Waals surface area contributed by atoms with E-state index < -0.39 is 48.3 Å². The zero-order valence-corrected chi connectivity index (χ0v) is 23.9. The average molecular weight is 582 g/mol. The van der Waals surface area contributed by atoms with Gasteiger partial charge in [0.1, 0.15) is 11.2 Å². The summed E-state index contributed by atoms with van der Waals surface area (Å²) in [5.41, 5.74) is 5.31. The van der Waals surface area contributed by atoms with Crippen LogP contribution >= 0.6 is 0 Å². The Labute approximate surface area is 274 Å². The van der Waals surface area contributed by atoms with Crippen molar-refractivity contribution in [2.75, 3.05) is 0 Å². The second-order valence-corrected chi connectivity index (χ2v) is 10.9. The molecule has 45 heavy (non-hydrogen) atoms. The highest BCUT2D eigenvalue weighted by Crippen LogP contribution is 2.49. The summed E-state index contributed by atoms with van der Waals surface area (Å²) in [6.07, 6.45) is 0. The number of hydrogen-bond acceptors (Lipinski definition) is 1. The van der Waals surface area contributed by atoms with Gasteiger partial charge in [-0.1, -0.05) is 158 Å². The van der Waals surface area contributed by atoms with Gasteiger partial charge in [0.2, 0.25) is 0 Å². The van der Waals surface area contributed by atoms with Crippen molar-refractivity contribution in [3.8, 4) is 44.5 Å². The van der Waals surface area contributed by atoms with Crippen molar-refractivity contribution in [1.29, 1.82) is 0 Å². The molecule has 0 aliphatic heterocycles. The summed E-state index contributed by atoms with van der Waals surface area (Å²) < 4.78 is 85.4. The molecule has 0 N–H and O–H groups in total. The Hall–Kier alpha value is -5.92. The van der Waals surface area contributed by atoms with Gasteiger partial charge in [0.15, 0.2) is 0 Å². The lowest BCUT2D eigenvalue weighted by molar-refractivity contribution is 0.670. The average Bonchev–Trinajstić information content (AvgIpc) is 3.60. The van der Waals surface area contributed by atoms with Crippen LogP contribution in [0.25, 0.3) is 88.0 Å². The first-order valence-corrected chi connectivity index (χ1v) is 14.7. The Balaban J connectivity index is 1.47. The van der Waals surface area contributed by atoms with Crippen LogP contribution in [0.1, 0.15) is 12.3 Å². The zero-order chi connectivity index (χ0) is 37.6. The Morgan fingerprint density at radius 3 is 1.56 bits per heavy atom. The fourth-order valence-corrected chi connectivity index (χ4v) is 6.63. The normalized spacial score (nSPS) is 14.4. The summed E-state index contributed by atoms with van der Waals surface area (Å²) in [7, 11) is 0. The van der Waals surface area contributed by atoms with Crippen LogP contribution in [0, 0.1) is 0 Å². The van der Waals surface area contributed by atoms with Gasteiger partial charge >= 0.3 is 0 Å². The van der Waals surface area contributed by atoms with Gasteiger partial charge in [-0.25, -0.2) is 0 Å². The molecule has 0 fully saturated rings. The number of fused-ring (bicyclic) bond motifs is 5. The maximum absolute atomic E-state index is 9.35. The van der Waals surface area contributed by atoms with E-state index >= 15 is 0 Å². The van der Waals surface area contributed by atoms with Crippen molar-refractivity contribution >= 4 is 43.5 Å². The first-order valence-electron chi connectivity index (χ1n) is 19.2. The van der Waals surface area contributed by atoms with E-state index in [2.05, 4.69) is 24.3 Å². The minimum absolute atomic E-state index is 0.0526. The molecule has 8 aromatic carbocycles. The Morgan fingerprint density at radius 2 is 0.889 bits per heavy atom. The van der Waals surface area contributed by atoms with Crippen LogP contribution in [-0.4, -0.2) is 0 Å². The van der Waals surface area contributed by atoms with Crippen LogP contribution in [0.3, 0.4) is 0 Å². The highest BCUT2D eigenvalue weighted by atomic mass is 16.3. The SMILES string of the molecule is [2H]c1c([2H])c([2H])c(-c2c([2H])c([2H])c([2H])c([2H])c2-c2c3ccccc3c(-c3ccc(-c4ccccc4)c4oc5ccccc5c34)c3ccccc23)c([2H])c1[2H]. The van der Waals surface area contributed by atoms with Gasteiger partial charge in [0, 0.05) is 16.3 Å². The van der Waals surface area contributed by atoms with Gasteiger partial charge in [-0.05, 0) is 72.6 Å². The second-order valence-electron chi connectivity index (χ2n) is 10.9. The molecule has 0 radical (unpaired) electrons. The van der Waals surface area contributed by atoms with E-state index in [9.17, 15) is 1.37 Å². The molecule has 0 atom stereocenters. The highest BCUT2D eigenvalue weighted by Gasteiger charge is 2.22. The molecule has 0 aliphatic rings. The van der Waals surface area contributed by atoms with Crippen LogP contribution in [-0.2, 0) is 0 Å². The third-order valence-electron chi connectivity index (χ3n) is 8.50. The molecule has 1 heteroatoms. The third kappa shape index (κ3) is 4.02. The maximum Gasteiger partial charge on any atom is 0.143 e. The molecular formula is C44H28O. The van der Waals surface area contributed by atoms with Crippen molar-refractivity contribution < 1.29 is 16.8 Å². The van der Waals surface area contributed by atoms with Crippen molar-refractivity contribution in [2.24, 2.45) is 0 Å². The molecular weight excluding hydrogens is 544 g/mol. The van der Waals surface area contributed by atoms with Gasteiger partial charge in [-0.15, -0.1) is 0 Å². The van der Waals surface area contributed by atoms with Crippen molar-refractivity contribution in [2.45, 2.75) is 0 Å². The van der Waals surface area contributed by atoms with Crippen molar-refractivity contribution in [3.63, 3.8) is 0 Å². The minimum atomic E-state index is -0.593. The number of rotatable bonds is 4. The monoisotopic (exact) mass is 581 g/mol. The molecule has 210 valence electrons. The molecule has 0 saturated carbocycles. The van der Waals surface area contributed by atoms with Crippen LogP contribution < -0.4 is 0 Å². The molecule has 0 spiro atoms. The first kappa shape index (κ1) is 18.0. The fourth-order valence-electron chi connectivity index (χ4n) is 6.63. The number of para-hydroxylation sites is 1. The summed E-state index contributed by atoms with van der Waals surface area (Å²) in [5.74, 6) is 0. The first-order chi connectivity index (χ1) is 26.1. The van der Waals surface area contributed by atoms with E-state index in [0.717, 1.165) is 55.0 Å². The van der Waals surface area contributed by atoms with Crippen LogP contribution in [0.2, 0.25) is 0 Å². The summed E-state index contributed by atoms with van der Waals surface area (Å²) in [6.45, 7) is 0. The fraction of sp³-hybridized carbons (Fsp3) is 0. The largest absolute Gasteiger partial charge is 0.455 e. The Morgan fingerprint density at radius 1 is 0.378 bits per heavy atom. The van der Waals surface area contributed by atoms with Gasteiger partial charge in [0.25, 0.3) is 0 Å². The van der Waals surface area contributed by atoms with E-state index in [1.807, 2.05) is 91.0 Å². The summed E-state index contributed by atoms with van der Waals surface area (Å²) >= 11 is 0. The minimum Gasteiger partial charge on any atom is -0.455 e. The van der Waals surface area contributed by atoms with Crippen molar-refractivity contribution in [1.82, 2.24) is 0 Å². The van der Waals surface area contributed by atoms with E-state index in [1.54, 1.807) is 0 Å². The van der Waals surface area contributed by atoms with Crippen molar-refractivity contribution in [3.05, 3.63) is 170 Å². The second kappa shape index (κ2) is 10.4. The molecule has 1 nitrogen and oxygen atoms in total. The number of benzene rings is 8. The van der Waals surface area contributed by atoms with Gasteiger partial charge in [-0.3, -0.25) is 0 Å². The third-order valence-corrected chi connectivity index (χ3v) is 8.50. The summed E-state index contributed by atoms with van der Waals surface area (Å²) in [5, 5.41) is 4.79. The lowest BCUT2D eigenvalue weighted by Gasteiger charge is -2.20. The van der Waals surface area contributed by atoms with Gasteiger partial charge in [-0.2, -0.15) is 0 Å². The predicted octanol–water partition coefficient (Wildman–Crippen LogP) is 12.6. The molecule has 0 aliphatic carbocycles. The van der Waals surface area contributed by atoms with Crippen LogP contribution in [0.5, 0.6) is 0 Å². The molecule has 0 saturated heterocycles. The summed E-state index contributed by atoms with van der Waals surface area (Å²) in [6, 6.07) is 32.7. The molecule has 0 amide bonds. The van der Waals surface area contributed by atoms with Gasteiger partial charge < -0.3 is 4.42 Å². The van der Waals surface area contributed by atoms with Crippen LogP contribution in [0.4, 0.5) is 0 Å².